The summed E-state index contributed by atoms with van der Waals surface area (Å²) in [6.45, 7) is 4.35. The number of nitrogens with one attached hydrogen (secondary N) is 1. The first-order valence-electron chi connectivity index (χ1n) is 7.11. The zero-order chi connectivity index (χ0) is 16.1. The minimum atomic E-state index is -0.0876. The van der Waals surface area contributed by atoms with E-state index >= 15 is 0 Å². The van der Waals surface area contributed by atoms with Crippen LogP contribution in [0.3, 0.4) is 0 Å². The Morgan fingerprint density at radius 3 is 2.45 bits per heavy atom. The Morgan fingerprint density at radius 1 is 1.05 bits per heavy atom. The number of hydrogen-bond donors (Lipinski definition) is 1. The summed E-state index contributed by atoms with van der Waals surface area (Å²) in [5.41, 5.74) is 3.71. The maximum atomic E-state index is 12.3. The largest absolute Gasteiger partial charge is 0.497 e. The molecule has 4 heteroatoms. The minimum absolute atomic E-state index is 0.0876. The fraction of sp³-hybridized carbons (Fsp3) is 0.278. The summed E-state index contributed by atoms with van der Waals surface area (Å²) in [4.78, 5) is 12.3. The molecule has 1 N–H and O–H groups in total. The van der Waals surface area contributed by atoms with E-state index in [9.17, 15) is 4.79 Å². The molecule has 0 aliphatic heterocycles. The van der Waals surface area contributed by atoms with Crippen LogP contribution in [0.5, 0.6) is 11.5 Å². The van der Waals surface area contributed by atoms with Crippen LogP contribution in [0.25, 0.3) is 0 Å². The molecule has 2 rings (SSSR count). The molecule has 0 bridgehead atoms. The lowest BCUT2D eigenvalue weighted by Gasteiger charge is -2.12. The predicted octanol–water partition coefficient (Wildman–Crippen LogP) is 3.25. The SMILES string of the molecule is COc1ccc(CNC(=O)c2ccc(C)cc2C)c(OC)c1. The lowest BCUT2D eigenvalue weighted by Crippen LogP contribution is -2.23. The van der Waals surface area contributed by atoms with Crippen LogP contribution in [0, 0.1) is 13.8 Å². The predicted molar refractivity (Wildman–Crippen MR) is 86.6 cm³/mol. The van der Waals surface area contributed by atoms with Gasteiger partial charge in [-0.3, -0.25) is 4.79 Å². The molecule has 0 radical (unpaired) electrons. The van der Waals surface area contributed by atoms with Gasteiger partial charge in [0, 0.05) is 23.7 Å². The van der Waals surface area contributed by atoms with Crippen molar-refractivity contribution in [2.75, 3.05) is 14.2 Å². The third kappa shape index (κ3) is 3.58. The number of benzene rings is 2. The fourth-order valence-electron chi connectivity index (χ4n) is 2.34. The van der Waals surface area contributed by atoms with Gasteiger partial charge >= 0.3 is 0 Å². The van der Waals surface area contributed by atoms with E-state index < -0.39 is 0 Å². The van der Waals surface area contributed by atoms with Crippen molar-refractivity contribution < 1.29 is 14.3 Å². The van der Waals surface area contributed by atoms with Gasteiger partial charge in [0.05, 0.1) is 14.2 Å². The molecule has 0 fully saturated rings. The van der Waals surface area contributed by atoms with Crippen molar-refractivity contribution in [3.8, 4) is 11.5 Å². The molecule has 0 unspecified atom stereocenters. The molecule has 0 heterocycles. The Kier molecular flexibility index (Phi) is 5.04. The smallest absolute Gasteiger partial charge is 0.251 e. The van der Waals surface area contributed by atoms with Crippen LogP contribution in [-0.2, 0) is 6.54 Å². The van der Waals surface area contributed by atoms with E-state index in [1.165, 1.54) is 0 Å². The molecular formula is C18H21NO3. The van der Waals surface area contributed by atoms with Gasteiger partial charge in [-0.05, 0) is 37.6 Å². The zero-order valence-corrected chi connectivity index (χ0v) is 13.4. The molecule has 0 atom stereocenters. The van der Waals surface area contributed by atoms with Crippen LogP contribution in [0.15, 0.2) is 36.4 Å². The highest BCUT2D eigenvalue weighted by Gasteiger charge is 2.11. The molecular weight excluding hydrogens is 278 g/mol. The van der Waals surface area contributed by atoms with Gasteiger partial charge in [-0.25, -0.2) is 0 Å². The standard InChI is InChI=1S/C18H21NO3/c1-12-5-8-16(13(2)9-12)18(20)19-11-14-6-7-15(21-3)10-17(14)22-4/h5-10H,11H2,1-4H3,(H,19,20). The van der Waals surface area contributed by atoms with Gasteiger partial charge in [0.15, 0.2) is 0 Å². The van der Waals surface area contributed by atoms with Gasteiger partial charge in [0.1, 0.15) is 11.5 Å². The van der Waals surface area contributed by atoms with Gasteiger partial charge < -0.3 is 14.8 Å². The molecule has 0 spiro atoms. The summed E-state index contributed by atoms with van der Waals surface area (Å²) in [5, 5.41) is 2.93. The van der Waals surface area contributed by atoms with Crippen molar-refractivity contribution in [1.82, 2.24) is 5.32 Å². The number of methoxy groups -OCH3 is 2. The molecule has 116 valence electrons. The molecule has 0 aliphatic carbocycles. The molecule has 0 saturated carbocycles. The molecule has 22 heavy (non-hydrogen) atoms. The maximum Gasteiger partial charge on any atom is 0.251 e. The van der Waals surface area contributed by atoms with E-state index in [4.69, 9.17) is 9.47 Å². The second kappa shape index (κ2) is 6.98. The molecule has 0 aromatic heterocycles. The van der Waals surface area contributed by atoms with E-state index in [1.54, 1.807) is 20.3 Å². The molecule has 2 aromatic rings. The third-order valence-electron chi connectivity index (χ3n) is 3.56. The average molecular weight is 299 g/mol. The number of amides is 1. The van der Waals surface area contributed by atoms with Crippen molar-refractivity contribution >= 4 is 5.91 Å². The fourth-order valence-corrected chi connectivity index (χ4v) is 2.34. The first kappa shape index (κ1) is 15.9. The Balaban J connectivity index is 2.11. The lowest BCUT2D eigenvalue weighted by atomic mass is 10.1. The Labute approximate surface area is 131 Å². The summed E-state index contributed by atoms with van der Waals surface area (Å²) in [5.74, 6) is 1.33. The number of ether oxygens (including phenoxy) is 2. The second-order valence-electron chi connectivity index (χ2n) is 5.18. The molecule has 2 aromatic carbocycles. The highest BCUT2D eigenvalue weighted by molar-refractivity contribution is 5.95. The first-order chi connectivity index (χ1) is 10.5. The number of aryl methyl sites for hydroxylation is 2. The number of carbonyl (C=O) groups is 1. The van der Waals surface area contributed by atoms with Crippen LogP contribution >= 0.6 is 0 Å². The Morgan fingerprint density at radius 2 is 1.82 bits per heavy atom. The molecule has 4 nitrogen and oxygen atoms in total. The third-order valence-corrected chi connectivity index (χ3v) is 3.56. The van der Waals surface area contributed by atoms with Crippen molar-refractivity contribution in [2.24, 2.45) is 0 Å². The van der Waals surface area contributed by atoms with Gasteiger partial charge in [-0.15, -0.1) is 0 Å². The van der Waals surface area contributed by atoms with Crippen LogP contribution in [-0.4, -0.2) is 20.1 Å². The molecule has 1 amide bonds. The van der Waals surface area contributed by atoms with E-state index in [0.717, 1.165) is 22.4 Å². The van der Waals surface area contributed by atoms with E-state index in [0.29, 0.717) is 17.9 Å². The van der Waals surface area contributed by atoms with Crippen LogP contribution in [0.2, 0.25) is 0 Å². The first-order valence-corrected chi connectivity index (χ1v) is 7.11. The van der Waals surface area contributed by atoms with E-state index in [1.807, 2.05) is 44.2 Å². The molecule has 0 aliphatic rings. The lowest BCUT2D eigenvalue weighted by molar-refractivity contribution is 0.0950. The average Bonchev–Trinajstić information content (AvgIpc) is 2.52. The minimum Gasteiger partial charge on any atom is -0.497 e. The quantitative estimate of drug-likeness (QED) is 0.922. The maximum absolute atomic E-state index is 12.3. The normalized spacial score (nSPS) is 10.2. The van der Waals surface area contributed by atoms with Gasteiger partial charge in [0.25, 0.3) is 5.91 Å². The number of rotatable bonds is 5. The van der Waals surface area contributed by atoms with Crippen LogP contribution < -0.4 is 14.8 Å². The highest BCUT2D eigenvalue weighted by Crippen LogP contribution is 2.24. The summed E-state index contributed by atoms with van der Waals surface area (Å²) < 4.78 is 10.5. The molecule has 0 saturated heterocycles. The summed E-state index contributed by atoms with van der Waals surface area (Å²) >= 11 is 0. The van der Waals surface area contributed by atoms with Crippen LogP contribution in [0.4, 0.5) is 0 Å². The van der Waals surface area contributed by atoms with Crippen molar-refractivity contribution in [3.63, 3.8) is 0 Å². The number of carbonyl (C=O) groups excluding carboxylic acids is 1. The highest BCUT2D eigenvalue weighted by atomic mass is 16.5. The topological polar surface area (TPSA) is 47.6 Å². The zero-order valence-electron chi connectivity index (χ0n) is 13.4. The van der Waals surface area contributed by atoms with Crippen molar-refractivity contribution in [3.05, 3.63) is 58.7 Å². The summed E-state index contributed by atoms with van der Waals surface area (Å²) in [6.07, 6.45) is 0. The summed E-state index contributed by atoms with van der Waals surface area (Å²) in [6, 6.07) is 11.3. The van der Waals surface area contributed by atoms with Gasteiger partial charge in [0.2, 0.25) is 0 Å². The van der Waals surface area contributed by atoms with Gasteiger partial charge in [-0.1, -0.05) is 17.7 Å². The van der Waals surface area contributed by atoms with E-state index in [-0.39, 0.29) is 5.91 Å². The monoisotopic (exact) mass is 299 g/mol. The number of hydrogen-bond acceptors (Lipinski definition) is 3. The Bertz CT molecular complexity index is 680. The summed E-state index contributed by atoms with van der Waals surface area (Å²) in [7, 11) is 3.21. The van der Waals surface area contributed by atoms with E-state index in [2.05, 4.69) is 5.32 Å². The van der Waals surface area contributed by atoms with Gasteiger partial charge in [-0.2, -0.15) is 0 Å². The van der Waals surface area contributed by atoms with Crippen molar-refractivity contribution in [1.29, 1.82) is 0 Å². The second-order valence-corrected chi connectivity index (χ2v) is 5.18. The Hall–Kier alpha value is -2.49. The van der Waals surface area contributed by atoms with Crippen LogP contribution in [0.1, 0.15) is 27.0 Å². The van der Waals surface area contributed by atoms with Crippen molar-refractivity contribution in [2.45, 2.75) is 20.4 Å².